The Kier molecular flexibility index (Phi) is 9.20. The quantitative estimate of drug-likeness (QED) is 0.279. The van der Waals surface area contributed by atoms with Gasteiger partial charge < -0.3 is 24.5 Å². The minimum absolute atomic E-state index is 0.0840. The average molecular weight is 552 g/mol. The molecule has 1 aromatic rings. The van der Waals surface area contributed by atoms with E-state index in [-0.39, 0.29) is 30.4 Å². The monoisotopic (exact) mass is 551 g/mol. The molecule has 3 saturated heterocycles. The molecule has 8 nitrogen and oxygen atoms in total. The zero-order valence-corrected chi connectivity index (χ0v) is 24.3. The van der Waals surface area contributed by atoms with Crippen LogP contribution in [-0.4, -0.2) is 82.2 Å². The Hall–Kier alpha value is -2.97. The number of anilines is 1. The predicted octanol–water partition coefficient (Wildman–Crippen LogP) is 3.95. The molecule has 2 unspecified atom stereocenters. The number of fused-ring (bicyclic) bond motifs is 1. The average Bonchev–Trinajstić information content (AvgIpc) is 3.56. The van der Waals surface area contributed by atoms with Crippen LogP contribution in [0.2, 0.25) is 0 Å². The zero-order valence-electron chi connectivity index (χ0n) is 24.3. The molecule has 3 aliphatic heterocycles. The standard InChI is InChI=1S/C32H45N3O5/c1-6-19-33(23(4)5)30(39)27-32-18-17-31(8-3,40-32)25(26(32)29(38)35(27)21-13-10-14-22-36)28(37)34(20-7-2)24-15-11-9-12-16-24/h6-7,9,11-12,15-16,23,25-27,36H,1-2,8,10,13-14,17-22H2,3-5H3/t25-,26-,27?,31+,32?/m0/s1. The van der Waals surface area contributed by atoms with E-state index < -0.39 is 29.1 Å². The molecule has 4 rings (SSSR count). The van der Waals surface area contributed by atoms with Crippen LogP contribution in [0.1, 0.15) is 59.3 Å². The fourth-order valence-corrected chi connectivity index (χ4v) is 7.26. The summed E-state index contributed by atoms with van der Waals surface area (Å²) in [7, 11) is 0. The van der Waals surface area contributed by atoms with Crippen molar-refractivity contribution in [1.82, 2.24) is 9.80 Å². The highest BCUT2D eigenvalue weighted by atomic mass is 16.5. The zero-order chi connectivity index (χ0) is 29.1. The van der Waals surface area contributed by atoms with Crippen LogP contribution in [-0.2, 0) is 19.1 Å². The summed E-state index contributed by atoms with van der Waals surface area (Å²) < 4.78 is 6.94. The molecule has 0 aromatic heterocycles. The Labute approximate surface area is 238 Å². The fraction of sp³-hybridized carbons (Fsp3) is 0.594. The van der Waals surface area contributed by atoms with Crippen molar-refractivity contribution in [2.75, 3.05) is 31.1 Å². The van der Waals surface area contributed by atoms with Crippen LogP contribution in [0.3, 0.4) is 0 Å². The number of aliphatic hydroxyl groups is 1. The third-order valence-corrected chi connectivity index (χ3v) is 9.12. The molecular formula is C32H45N3O5. The predicted molar refractivity (Wildman–Crippen MR) is 156 cm³/mol. The van der Waals surface area contributed by atoms with Gasteiger partial charge in [0.25, 0.3) is 0 Å². The molecule has 3 aliphatic rings. The molecule has 1 aromatic carbocycles. The van der Waals surface area contributed by atoms with Crippen LogP contribution >= 0.6 is 0 Å². The van der Waals surface area contributed by atoms with Gasteiger partial charge in [-0.3, -0.25) is 14.4 Å². The minimum Gasteiger partial charge on any atom is -0.396 e. The smallest absolute Gasteiger partial charge is 0.248 e. The molecular weight excluding hydrogens is 506 g/mol. The Morgan fingerprint density at radius 1 is 1.10 bits per heavy atom. The van der Waals surface area contributed by atoms with Crippen LogP contribution in [0.25, 0.3) is 0 Å². The third-order valence-electron chi connectivity index (χ3n) is 9.12. The van der Waals surface area contributed by atoms with E-state index in [1.54, 1.807) is 26.9 Å². The summed E-state index contributed by atoms with van der Waals surface area (Å²) in [5.41, 5.74) is -1.13. The molecule has 3 fully saturated rings. The molecule has 1 spiro atoms. The highest BCUT2D eigenvalue weighted by molar-refractivity contribution is 6.03. The van der Waals surface area contributed by atoms with Crippen molar-refractivity contribution in [1.29, 1.82) is 0 Å². The van der Waals surface area contributed by atoms with Crippen LogP contribution in [0.5, 0.6) is 0 Å². The number of nitrogens with zero attached hydrogens (tertiary/aromatic N) is 3. The molecule has 0 aliphatic carbocycles. The van der Waals surface area contributed by atoms with Gasteiger partial charge in [-0.05, 0) is 64.5 Å². The summed E-state index contributed by atoms with van der Waals surface area (Å²) in [5.74, 6) is -1.94. The third kappa shape index (κ3) is 4.90. The van der Waals surface area contributed by atoms with Gasteiger partial charge in [-0.15, -0.1) is 13.2 Å². The number of aliphatic hydroxyl groups excluding tert-OH is 1. The summed E-state index contributed by atoms with van der Waals surface area (Å²) in [6, 6.07) is 8.54. The van der Waals surface area contributed by atoms with Crippen molar-refractivity contribution in [2.24, 2.45) is 11.8 Å². The highest BCUT2D eigenvalue weighted by Crippen LogP contribution is 2.64. The molecule has 218 valence electrons. The summed E-state index contributed by atoms with van der Waals surface area (Å²) in [6.07, 6.45) is 7.17. The van der Waals surface area contributed by atoms with Gasteiger partial charge in [0.15, 0.2) is 0 Å². The minimum atomic E-state index is -1.06. The molecule has 3 amide bonds. The lowest BCUT2D eigenvalue weighted by Crippen LogP contribution is -2.57. The first-order chi connectivity index (χ1) is 19.2. The molecule has 1 N–H and O–H groups in total. The van der Waals surface area contributed by atoms with E-state index in [2.05, 4.69) is 13.2 Å². The second kappa shape index (κ2) is 12.3. The number of benzene rings is 1. The van der Waals surface area contributed by atoms with E-state index in [1.807, 2.05) is 51.1 Å². The number of carbonyl (C=O) groups excluding carboxylic acids is 3. The molecule has 40 heavy (non-hydrogen) atoms. The molecule has 0 radical (unpaired) electrons. The summed E-state index contributed by atoms with van der Waals surface area (Å²) in [5, 5.41) is 9.28. The maximum Gasteiger partial charge on any atom is 0.248 e. The van der Waals surface area contributed by atoms with Crippen molar-refractivity contribution < 1.29 is 24.2 Å². The topological polar surface area (TPSA) is 90.4 Å². The summed E-state index contributed by atoms with van der Waals surface area (Å²) in [4.78, 5) is 48.4. The second-order valence-electron chi connectivity index (χ2n) is 11.6. The number of ether oxygens (including phenoxy) is 1. The molecule has 2 bridgehead atoms. The summed E-state index contributed by atoms with van der Waals surface area (Å²) >= 11 is 0. The van der Waals surface area contributed by atoms with Crippen molar-refractivity contribution in [3.63, 3.8) is 0 Å². The lowest BCUT2D eigenvalue weighted by molar-refractivity contribution is -0.153. The van der Waals surface area contributed by atoms with Gasteiger partial charge in [0.1, 0.15) is 11.6 Å². The van der Waals surface area contributed by atoms with Gasteiger partial charge in [-0.25, -0.2) is 0 Å². The number of likely N-dealkylation sites (tertiary alicyclic amines) is 1. The van der Waals surface area contributed by atoms with Crippen molar-refractivity contribution in [2.45, 2.75) is 82.6 Å². The first-order valence-corrected chi connectivity index (χ1v) is 14.7. The Morgan fingerprint density at radius 2 is 1.80 bits per heavy atom. The number of rotatable bonds is 14. The van der Waals surface area contributed by atoms with E-state index in [1.165, 1.54) is 0 Å². The molecule has 0 saturated carbocycles. The maximum absolute atomic E-state index is 14.5. The van der Waals surface area contributed by atoms with Crippen LogP contribution < -0.4 is 4.90 Å². The highest BCUT2D eigenvalue weighted by Gasteiger charge is 2.79. The normalized spacial score (nSPS) is 28.6. The van der Waals surface area contributed by atoms with Gasteiger partial charge >= 0.3 is 0 Å². The van der Waals surface area contributed by atoms with Gasteiger partial charge in [-0.1, -0.05) is 37.3 Å². The number of carbonyl (C=O) groups is 3. The van der Waals surface area contributed by atoms with E-state index in [4.69, 9.17) is 4.74 Å². The van der Waals surface area contributed by atoms with E-state index in [9.17, 15) is 19.5 Å². The SMILES string of the molecule is C=CCN(C(=O)[C@@H]1[C@H]2C(=O)N(CCCCCO)C(C(=O)N(CC=C)C(C)C)C23CC[C@@]1(CC)O3)c1ccccc1. The van der Waals surface area contributed by atoms with Crippen LogP contribution in [0, 0.1) is 11.8 Å². The summed E-state index contributed by atoms with van der Waals surface area (Å²) in [6.45, 7) is 14.8. The molecule has 3 heterocycles. The van der Waals surface area contributed by atoms with Gasteiger partial charge in [0.2, 0.25) is 17.7 Å². The first kappa shape index (κ1) is 30.0. The Morgan fingerprint density at radius 3 is 2.40 bits per heavy atom. The van der Waals surface area contributed by atoms with Crippen LogP contribution in [0.15, 0.2) is 55.6 Å². The molecule has 8 heteroatoms. The second-order valence-corrected chi connectivity index (χ2v) is 11.6. The van der Waals surface area contributed by atoms with Gasteiger partial charge in [0.05, 0.1) is 17.4 Å². The number of hydrogen-bond acceptors (Lipinski definition) is 5. The Bertz CT molecular complexity index is 1110. The van der Waals surface area contributed by atoms with Gasteiger partial charge in [0, 0.05) is 38.0 Å². The van der Waals surface area contributed by atoms with Crippen molar-refractivity contribution in [3.05, 3.63) is 55.6 Å². The van der Waals surface area contributed by atoms with Gasteiger partial charge in [-0.2, -0.15) is 0 Å². The van der Waals surface area contributed by atoms with E-state index >= 15 is 0 Å². The number of amides is 3. The van der Waals surface area contributed by atoms with Crippen molar-refractivity contribution >= 4 is 23.4 Å². The lowest BCUT2D eigenvalue weighted by atomic mass is 9.64. The fourth-order valence-electron chi connectivity index (χ4n) is 7.26. The number of unbranched alkanes of at least 4 members (excludes halogenated alkanes) is 2. The number of para-hydroxylation sites is 1. The largest absolute Gasteiger partial charge is 0.396 e. The number of hydrogen-bond donors (Lipinski definition) is 1. The van der Waals surface area contributed by atoms with Crippen molar-refractivity contribution in [3.8, 4) is 0 Å². The Balaban J connectivity index is 1.79. The van der Waals surface area contributed by atoms with E-state index in [0.717, 1.165) is 12.1 Å². The van der Waals surface area contributed by atoms with E-state index in [0.29, 0.717) is 51.7 Å². The lowest BCUT2D eigenvalue weighted by Gasteiger charge is -2.38. The first-order valence-electron chi connectivity index (χ1n) is 14.7. The van der Waals surface area contributed by atoms with Crippen LogP contribution in [0.4, 0.5) is 5.69 Å². The maximum atomic E-state index is 14.5. The molecule has 5 atom stereocenters.